The van der Waals surface area contributed by atoms with Gasteiger partial charge in [-0.05, 0) is 18.2 Å². The number of urea groups is 1. The summed E-state index contributed by atoms with van der Waals surface area (Å²) < 4.78 is 13.0. The molecule has 2 aromatic rings. The van der Waals surface area contributed by atoms with Gasteiger partial charge in [0.25, 0.3) is 5.91 Å². The maximum atomic E-state index is 13.0. The topological polar surface area (TPSA) is 74.0 Å². The number of H-pyrrole nitrogens is 1. The molecular weight excluding hydrogens is 225 g/mol. The average Bonchev–Trinajstić information content (AvgIpc) is 2.81. The van der Waals surface area contributed by atoms with Crippen molar-refractivity contribution in [3.63, 3.8) is 0 Å². The normalized spacial score (nSPS) is 19.5. The van der Waals surface area contributed by atoms with E-state index in [0.29, 0.717) is 16.5 Å². The number of imide groups is 1. The Hall–Kier alpha value is -2.37. The molecule has 3 N–H and O–H groups in total. The predicted octanol–water partition coefficient (Wildman–Crippen LogP) is 1.19. The number of hydrogen-bond donors (Lipinski definition) is 3. The van der Waals surface area contributed by atoms with Crippen LogP contribution in [0.4, 0.5) is 9.18 Å². The highest BCUT2D eigenvalue weighted by Crippen LogP contribution is 2.26. The third kappa shape index (κ3) is 1.45. The van der Waals surface area contributed by atoms with Gasteiger partial charge in [0.2, 0.25) is 0 Å². The van der Waals surface area contributed by atoms with Gasteiger partial charge < -0.3 is 10.3 Å². The number of halogens is 1. The van der Waals surface area contributed by atoms with Crippen molar-refractivity contribution < 1.29 is 14.0 Å². The number of fused-ring (bicyclic) bond motifs is 1. The summed E-state index contributed by atoms with van der Waals surface area (Å²) in [6.07, 6.45) is 1.60. The minimum atomic E-state index is -0.721. The van der Waals surface area contributed by atoms with Gasteiger partial charge in [-0.25, -0.2) is 9.18 Å². The van der Waals surface area contributed by atoms with Gasteiger partial charge in [-0.15, -0.1) is 0 Å². The number of amides is 3. The highest BCUT2D eigenvalue weighted by Gasteiger charge is 2.32. The van der Waals surface area contributed by atoms with Crippen LogP contribution in [0.5, 0.6) is 0 Å². The molecule has 3 amide bonds. The van der Waals surface area contributed by atoms with Crippen molar-refractivity contribution in [2.24, 2.45) is 0 Å². The Morgan fingerprint density at radius 1 is 1.24 bits per heavy atom. The van der Waals surface area contributed by atoms with Crippen LogP contribution in [0.1, 0.15) is 11.6 Å². The van der Waals surface area contributed by atoms with Crippen molar-refractivity contribution in [3.05, 3.63) is 35.8 Å². The lowest BCUT2D eigenvalue weighted by Gasteiger charge is -2.04. The Balaban J connectivity index is 2.12. The minimum Gasteiger partial charge on any atom is -0.361 e. The smallest absolute Gasteiger partial charge is 0.322 e. The number of benzene rings is 1. The summed E-state index contributed by atoms with van der Waals surface area (Å²) >= 11 is 0. The first-order valence-electron chi connectivity index (χ1n) is 5.03. The van der Waals surface area contributed by atoms with Crippen LogP contribution < -0.4 is 10.6 Å². The quantitative estimate of drug-likeness (QED) is 0.647. The van der Waals surface area contributed by atoms with Crippen LogP contribution in [0.2, 0.25) is 0 Å². The van der Waals surface area contributed by atoms with Crippen molar-refractivity contribution in [3.8, 4) is 0 Å². The first-order valence-corrected chi connectivity index (χ1v) is 5.03. The van der Waals surface area contributed by atoms with E-state index in [2.05, 4.69) is 15.6 Å². The van der Waals surface area contributed by atoms with Crippen molar-refractivity contribution in [1.82, 2.24) is 15.6 Å². The first-order chi connectivity index (χ1) is 8.15. The molecule has 1 aromatic heterocycles. The molecule has 1 unspecified atom stereocenters. The Kier molecular flexibility index (Phi) is 1.91. The average molecular weight is 233 g/mol. The Morgan fingerprint density at radius 3 is 2.76 bits per heavy atom. The van der Waals surface area contributed by atoms with Crippen LogP contribution in [0, 0.1) is 5.82 Å². The summed E-state index contributed by atoms with van der Waals surface area (Å²) in [4.78, 5) is 25.4. The lowest BCUT2D eigenvalue weighted by Crippen LogP contribution is -2.22. The zero-order chi connectivity index (χ0) is 12.0. The van der Waals surface area contributed by atoms with Crippen LogP contribution in [-0.4, -0.2) is 16.9 Å². The largest absolute Gasteiger partial charge is 0.361 e. The van der Waals surface area contributed by atoms with E-state index in [1.165, 1.54) is 12.1 Å². The summed E-state index contributed by atoms with van der Waals surface area (Å²) in [5.74, 6) is -0.758. The van der Waals surface area contributed by atoms with E-state index in [4.69, 9.17) is 0 Å². The van der Waals surface area contributed by atoms with E-state index in [0.717, 1.165) is 0 Å². The Bertz CT molecular complexity index is 635. The summed E-state index contributed by atoms with van der Waals surface area (Å²) in [5, 5.41) is 5.37. The van der Waals surface area contributed by atoms with Gasteiger partial charge in [-0.1, -0.05) is 0 Å². The van der Waals surface area contributed by atoms with E-state index in [-0.39, 0.29) is 5.82 Å². The summed E-state index contributed by atoms with van der Waals surface area (Å²) in [7, 11) is 0. The molecule has 17 heavy (non-hydrogen) atoms. The van der Waals surface area contributed by atoms with Crippen molar-refractivity contribution >= 4 is 22.8 Å². The fourth-order valence-corrected chi connectivity index (χ4v) is 2.00. The predicted molar refractivity (Wildman–Crippen MR) is 57.7 cm³/mol. The van der Waals surface area contributed by atoms with E-state index >= 15 is 0 Å². The highest BCUT2D eigenvalue weighted by atomic mass is 19.1. The zero-order valence-corrected chi connectivity index (χ0v) is 8.58. The van der Waals surface area contributed by atoms with Crippen LogP contribution in [-0.2, 0) is 4.79 Å². The van der Waals surface area contributed by atoms with Gasteiger partial charge in [0, 0.05) is 22.7 Å². The lowest BCUT2D eigenvalue weighted by molar-refractivity contribution is -0.120. The number of aromatic amines is 1. The second-order valence-electron chi connectivity index (χ2n) is 3.83. The number of carbonyl (C=O) groups is 2. The molecule has 1 aliphatic rings. The Morgan fingerprint density at radius 2 is 2.06 bits per heavy atom. The zero-order valence-electron chi connectivity index (χ0n) is 8.58. The van der Waals surface area contributed by atoms with Crippen molar-refractivity contribution in [1.29, 1.82) is 0 Å². The van der Waals surface area contributed by atoms with Crippen LogP contribution in [0.15, 0.2) is 24.4 Å². The molecule has 0 spiro atoms. The summed E-state index contributed by atoms with van der Waals surface area (Å²) in [6, 6.07) is 2.99. The van der Waals surface area contributed by atoms with E-state index in [1.54, 1.807) is 12.3 Å². The summed E-state index contributed by atoms with van der Waals surface area (Å²) in [6.45, 7) is 0. The van der Waals surface area contributed by atoms with Gasteiger partial charge in [0.05, 0.1) is 0 Å². The van der Waals surface area contributed by atoms with Gasteiger partial charge in [0.1, 0.15) is 11.9 Å². The minimum absolute atomic E-state index is 0.356. The van der Waals surface area contributed by atoms with E-state index in [9.17, 15) is 14.0 Å². The number of aromatic nitrogens is 1. The fourth-order valence-electron chi connectivity index (χ4n) is 2.00. The van der Waals surface area contributed by atoms with Gasteiger partial charge in [-0.3, -0.25) is 10.1 Å². The van der Waals surface area contributed by atoms with Gasteiger partial charge in [-0.2, -0.15) is 0 Å². The molecule has 1 aliphatic heterocycles. The lowest BCUT2D eigenvalue weighted by atomic mass is 10.1. The molecular formula is C11H8FN3O2. The number of carbonyl (C=O) groups excluding carboxylic acids is 2. The fraction of sp³-hybridized carbons (Fsp3) is 0.0909. The molecule has 1 saturated heterocycles. The maximum absolute atomic E-state index is 13.0. The van der Waals surface area contributed by atoms with Crippen LogP contribution in [0.3, 0.4) is 0 Å². The second-order valence-corrected chi connectivity index (χ2v) is 3.83. The van der Waals surface area contributed by atoms with Gasteiger partial charge >= 0.3 is 6.03 Å². The maximum Gasteiger partial charge on any atom is 0.322 e. The van der Waals surface area contributed by atoms with Gasteiger partial charge in [0.15, 0.2) is 0 Å². The molecule has 3 rings (SSSR count). The van der Waals surface area contributed by atoms with E-state index < -0.39 is 18.0 Å². The number of rotatable bonds is 1. The molecule has 0 bridgehead atoms. The van der Waals surface area contributed by atoms with E-state index in [1.807, 2.05) is 0 Å². The molecule has 2 heterocycles. The molecule has 5 nitrogen and oxygen atoms in total. The monoisotopic (exact) mass is 233 g/mol. The second kappa shape index (κ2) is 3.31. The molecule has 0 saturated carbocycles. The van der Waals surface area contributed by atoms with Crippen LogP contribution in [0.25, 0.3) is 10.9 Å². The molecule has 1 fully saturated rings. The SMILES string of the molecule is O=C1NC(=O)C(c2c[nH]c3cc(F)ccc23)N1. The molecule has 0 aliphatic carbocycles. The number of nitrogens with one attached hydrogen (secondary N) is 3. The third-order valence-electron chi connectivity index (χ3n) is 2.76. The third-order valence-corrected chi connectivity index (χ3v) is 2.76. The molecule has 0 radical (unpaired) electrons. The molecule has 1 aromatic carbocycles. The summed E-state index contributed by atoms with van der Waals surface area (Å²) in [5.41, 5.74) is 1.22. The number of hydrogen-bond acceptors (Lipinski definition) is 2. The highest BCUT2D eigenvalue weighted by molar-refractivity contribution is 6.06. The van der Waals surface area contributed by atoms with Crippen LogP contribution >= 0.6 is 0 Å². The van der Waals surface area contributed by atoms with Crippen molar-refractivity contribution in [2.45, 2.75) is 6.04 Å². The Labute approximate surface area is 95.0 Å². The standard InChI is InChI=1S/C11H8FN3O2/c12-5-1-2-6-7(4-13-8(6)3-5)9-10(16)15-11(17)14-9/h1-4,9,13H,(H2,14,15,16,17). The molecule has 86 valence electrons. The molecule has 1 atom stereocenters. The van der Waals surface area contributed by atoms with Crippen molar-refractivity contribution in [2.75, 3.05) is 0 Å². The molecule has 6 heteroatoms. The first kappa shape index (κ1) is 9.83.